The highest BCUT2D eigenvalue weighted by Crippen LogP contribution is 2.58. The number of hydrogen-bond donors (Lipinski definition) is 2. The van der Waals surface area contributed by atoms with Crippen LogP contribution in [0.3, 0.4) is 0 Å². The highest BCUT2D eigenvalue weighted by molar-refractivity contribution is 7.59. The molecule has 0 bridgehead atoms. The van der Waals surface area contributed by atoms with E-state index in [0.717, 1.165) is 0 Å². The van der Waals surface area contributed by atoms with E-state index in [1.807, 2.05) is 0 Å². The van der Waals surface area contributed by atoms with Crippen LogP contribution in [0.5, 0.6) is 0 Å². The van der Waals surface area contributed by atoms with Gasteiger partial charge >= 0.3 is 7.82 Å². The molecule has 11 heteroatoms. The fraction of sp³-hybridized carbons (Fsp3) is 0.143. The van der Waals surface area contributed by atoms with E-state index in [2.05, 4.69) is 4.31 Å². The van der Waals surface area contributed by atoms with Gasteiger partial charge in [-0.15, -0.1) is 0 Å². The van der Waals surface area contributed by atoms with E-state index in [0.29, 0.717) is 11.1 Å². The van der Waals surface area contributed by atoms with Crippen molar-refractivity contribution >= 4 is 15.6 Å². The molecule has 2 aromatic carbocycles. The van der Waals surface area contributed by atoms with Gasteiger partial charge in [0.1, 0.15) is 0 Å². The number of hydrogen-bond acceptors (Lipinski definition) is 7. The van der Waals surface area contributed by atoms with Gasteiger partial charge in [0.05, 0.1) is 21.0 Å². The minimum absolute atomic E-state index is 0. The molecular weight excluding hydrogens is 370 g/mol. The first-order valence-corrected chi connectivity index (χ1v) is 9.49. The lowest BCUT2D eigenvalue weighted by atomic mass is 10.2. The van der Waals surface area contributed by atoms with Crippen molar-refractivity contribution in [2.75, 3.05) is 0 Å². The second-order valence-electron chi connectivity index (χ2n) is 4.49. The first kappa shape index (κ1) is 23.6. The van der Waals surface area contributed by atoms with E-state index < -0.39 is 15.6 Å². The minimum Gasteiger partial charge on any atom is -0.789 e. The normalized spacial score (nSPS) is 11.3. The Hall–Kier alpha value is -1.38. The quantitative estimate of drug-likeness (QED) is 0.647. The highest BCUT2D eigenvalue weighted by atomic mass is 31.3. The zero-order valence-corrected chi connectivity index (χ0v) is 15.7. The summed E-state index contributed by atoms with van der Waals surface area (Å²) in [6.07, 6.45) is 0. The van der Waals surface area contributed by atoms with Gasteiger partial charge in [-0.3, -0.25) is 13.4 Å². The molecule has 0 aliphatic heterocycles. The predicted molar refractivity (Wildman–Crippen MR) is 90.7 cm³/mol. The Morgan fingerprint density at radius 2 is 1.08 bits per heavy atom. The van der Waals surface area contributed by atoms with Gasteiger partial charge < -0.3 is 26.7 Å². The van der Waals surface area contributed by atoms with Crippen molar-refractivity contribution in [1.29, 1.82) is 0 Å². The number of phosphoric ester groups is 1. The van der Waals surface area contributed by atoms with Crippen molar-refractivity contribution in [3.05, 3.63) is 71.8 Å². The van der Waals surface area contributed by atoms with Gasteiger partial charge in [0, 0.05) is 0 Å². The first-order chi connectivity index (χ1) is 10.9. The van der Waals surface area contributed by atoms with Crippen molar-refractivity contribution in [3.8, 4) is 0 Å². The standard InChI is InChI=1S/C14H16O7P2.2H3N/c15-22(16,17)21-23(18,19-11-13-7-3-1-4-8-13)20-12-14-9-5-2-6-10-14;;/h1-10H,11-12H2,(H2,15,16,17);2*1H3. The molecule has 0 aliphatic rings. The summed E-state index contributed by atoms with van der Waals surface area (Å²) in [6, 6.07) is 17.1. The minimum atomic E-state index is -5.54. The second-order valence-corrected chi connectivity index (χ2v) is 7.45. The molecule has 0 radical (unpaired) electrons. The molecule has 0 fully saturated rings. The van der Waals surface area contributed by atoms with Gasteiger partial charge in [-0.05, 0) is 11.1 Å². The van der Waals surface area contributed by atoms with Crippen LogP contribution in [0.4, 0.5) is 0 Å². The van der Waals surface area contributed by atoms with Gasteiger partial charge in [0.2, 0.25) is 0 Å². The van der Waals surface area contributed by atoms with E-state index in [1.54, 1.807) is 60.7 Å². The lowest BCUT2D eigenvalue weighted by Crippen LogP contribution is -2.16. The van der Waals surface area contributed by atoms with Crippen LogP contribution in [0.25, 0.3) is 0 Å². The summed E-state index contributed by atoms with van der Waals surface area (Å²) in [4.78, 5) is 21.6. The number of benzene rings is 2. The predicted octanol–water partition coefficient (Wildman–Crippen LogP) is 3.13. The Bertz CT molecular complexity index is 662. The molecule has 0 spiro atoms. The van der Waals surface area contributed by atoms with Crippen molar-refractivity contribution in [2.24, 2.45) is 0 Å². The smallest absolute Gasteiger partial charge is 0.479 e. The second kappa shape index (κ2) is 10.6. The Balaban J connectivity index is 0.00000288. The van der Waals surface area contributed by atoms with Crippen molar-refractivity contribution in [1.82, 2.24) is 12.3 Å². The maximum absolute atomic E-state index is 12.3. The third-order valence-corrected chi connectivity index (χ3v) is 5.15. The summed E-state index contributed by atoms with van der Waals surface area (Å²) in [6.45, 7) is -0.459. The largest absolute Gasteiger partial charge is 0.789 e. The zero-order chi connectivity index (χ0) is 16.8. The molecule has 0 unspecified atom stereocenters. The fourth-order valence-electron chi connectivity index (χ4n) is 1.66. The van der Waals surface area contributed by atoms with Crippen molar-refractivity contribution < 1.29 is 32.3 Å². The first-order valence-electron chi connectivity index (χ1n) is 6.57. The van der Waals surface area contributed by atoms with Crippen LogP contribution in [-0.4, -0.2) is 0 Å². The van der Waals surface area contributed by atoms with Crippen LogP contribution in [0, 0.1) is 0 Å². The van der Waals surface area contributed by atoms with Crippen LogP contribution >= 0.6 is 15.6 Å². The topological polar surface area (TPSA) is 181 Å². The van der Waals surface area contributed by atoms with Crippen LogP contribution in [0.1, 0.15) is 11.1 Å². The Labute approximate surface area is 146 Å². The molecule has 0 atom stereocenters. The number of rotatable bonds is 8. The van der Waals surface area contributed by atoms with Gasteiger partial charge in [0.15, 0.2) is 0 Å². The number of quaternary nitrogens is 2. The lowest BCUT2D eigenvalue weighted by Gasteiger charge is -2.31. The van der Waals surface area contributed by atoms with Crippen LogP contribution in [0.2, 0.25) is 0 Å². The molecule has 0 aliphatic carbocycles. The summed E-state index contributed by atoms with van der Waals surface area (Å²) in [7, 11) is -10.1. The third kappa shape index (κ3) is 9.04. The van der Waals surface area contributed by atoms with Crippen LogP contribution < -0.4 is 22.1 Å². The van der Waals surface area contributed by atoms with Gasteiger partial charge in [-0.1, -0.05) is 60.7 Å². The maximum atomic E-state index is 12.3. The Kier molecular flexibility index (Phi) is 9.99. The monoisotopic (exact) mass is 392 g/mol. The molecule has 25 heavy (non-hydrogen) atoms. The summed E-state index contributed by atoms with van der Waals surface area (Å²) in [5.41, 5.74) is 1.23. The van der Waals surface area contributed by atoms with Gasteiger partial charge in [-0.2, -0.15) is 0 Å². The molecule has 0 aromatic heterocycles. The average Bonchev–Trinajstić information content (AvgIpc) is 2.52. The maximum Gasteiger partial charge on any atom is 0.479 e. The zero-order valence-electron chi connectivity index (χ0n) is 13.9. The molecular formula is C14H22N2O7P2. The third-order valence-electron chi connectivity index (χ3n) is 2.66. The molecule has 9 nitrogen and oxygen atoms in total. The van der Waals surface area contributed by atoms with E-state index in [1.165, 1.54) is 0 Å². The lowest BCUT2D eigenvalue weighted by molar-refractivity contribution is -0.335. The van der Waals surface area contributed by atoms with Crippen LogP contribution in [-0.2, 0) is 35.7 Å². The Morgan fingerprint density at radius 1 is 0.720 bits per heavy atom. The highest BCUT2D eigenvalue weighted by Gasteiger charge is 2.28. The van der Waals surface area contributed by atoms with Crippen LogP contribution in [0.15, 0.2) is 60.7 Å². The molecule has 8 N–H and O–H groups in total. The fourth-order valence-corrected chi connectivity index (χ4v) is 3.71. The molecule has 2 aromatic rings. The molecule has 0 heterocycles. The number of phosphoric acid groups is 2. The Morgan fingerprint density at radius 3 is 1.40 bits per heavy atom. The van der Waals surface area contributed by atoms with E-state index in [-0.39, 0.29) is 25.5 Å². The molecule has 0 saturated heterocycles. The summed E-state index contributed by atoms with van der Waals surface area (Å²) < 4.78 is 37.1. The summed E-state index contributed by atoms with van der Waals surface area (Å²) >= 11 is 0. The molecule has 2 rings (SSSR count). The molecule has 140 valence electrons. The SMILES string of the molecule is O=P([O-])([O-])OP(=O)(OCc1ccccc1)OCc1ccccc1.[NH4+].[NH4+]. The van der Waals surface area contributed by atoms with E-state index in [9.17, 15) is 18.9 Å². The molecule has 0 saturated carbocycles. The van der Waals surface area contributed by atoms with E-state index in [4.69, 9.17) is 9.05 Å². The summed E-state index contributed by atoms with van der Waals surface area (Å²) in [5, 5.41) is 0. The average molecular weight is 392 g/mol. The van der Waals surface area contributed by atoms with Gasteiger partial charge in [-0.25, -0.2) is 4.57 Å². The molecule has 0 amide bonds. The van der Waals surface area contributed by atoms with E-state index >= 15 is 0 Å². The van der Waals surface area contributed by atoms with Crippen molar-refractivity contribution in [2.45, 2.75) is 13.2 Å². The van der Waals surface area contributed by atoms with Gasteiger partial charge in [0.25, 0.3) is 0 Å². The van der Waals surface area contributed by atoms with Crippen molar-refractivity contribution in [3.63, 3.8) is 0 Å². The summed E-state index contributed by atoms with van der Waals surface area (Å²) in [5.74, 6) is 0.